The van der Waals surface area contributed by atoms with Crippen molar-refractivity contribution in [1.29, 1.82) is 0 Å². The molecule has 1 heterocycles. The first-order valence-electron chi connectivity index (χ1n) is 8.52. The molecule has 2 aromatic carbocycles. The number of halogens is 1. The maximum absolute atomic E-state index is 12.1. The van der Waals surface area contributed by atoms with Crippen LogP contribution in [0.2, 0.25) is 5.02 Å². The fraction of sp³-hybridized carbons (Fsp3) is 0.350. The van der Waals surface area contributed by atoms with Crippen LogP contribution in [-0.2, 0) is 11.3 Å². The van der Waals surface area contributed by atoms with Gasteiger partial charge in [0.2, 0.25) is 6.79 Å². The minimum Gasteiger partial charge on any atom is -0.483 e. The van der Waals surface area contributed by atoms with Gasteiger partial charge in [0.15, 0.2) is 18.1 Å². The molecule has 6 heteroatoms. The van der Waals surface area contributed by atoms with E-state index in [1.807, 2.05) is 37.3 Å². The van der Waals surface area contributed by atoms with Gasteiger partial charge in [-0.3, -0.25) is 4.79 Å². The Hall–Kier alpha value is -2.40. The van der Waals surface area contributed by atoms with Gasteiger partial charge in [-0.15, -0.1) is 0 Å². The first-order valence-corrected chi connectivity index (χ1v) is 8.90. The lowest BCUT2D eigenvalue weighted by Gasteiger charge is -2.14. The number of hydrogen-bond acceptors (Lipinski definition) is 4. The van der Waals surface area contributed by atoms with Gasteiger partial charge in [-0.2, -0.15) is 0 Å². The number of nitrogens with one attached hydrogen (secondary N) is 1. The number of fused-ring (bicyclic) bond motifs is 1. The third kappa shape index (κ3) is 4.22. The van der Waals surface area contributed by atoms with Crippen LogP contribution < -0.4 is 19.5 Å². The molecule has 0 atom stereocenters. The molecule has 0 unspecified atom stereocenters. The van der Waals surface area contributed by atoms with Crippen molar-refractivity contribution in [3.63, 3.8) is 0 Å². The molecule has 0 aliphatic carbocycles. The topological polar surface area (TPSA) is 56.8 Å². The number of aryl methyl sites for hydroxylation is 1. The van der Waals surface area contributed by atoms with Gasteiger partial charge in [-0.1, -0.05) is 31.5 Å². The first-order chi connectivity index (χ1) is 12.4. The zero-order valence-corrected chi connectivity index (χ0v) is 15.9. The Balaban J connectivity index is 1.55. The standard InChI is InChI=1S/C20H22ClNO4/c1-12(2)15-8-18(13(3)6-16(15)21)24-10-20(23)22-9-14-4-5-17-19(7-14)26-11-25-17/h4-8,12H,9-11H2,1-3H3,(H,22,23). The van der Waals surface area contributed by atoms with Gasteiger partial charge in [0.25, 0.3) is 5.91 Å². The van der Waals surface area contributed by atoms with Gasteiger partial charge < -0.3 is 19.5 Å². The van der Waals surface area contributed by atoms with E-state index in [9.17, 15) is 4.79 Å². The maximum atomic E-state index is 12.1. The normalized spacial score (nSPS) is 12.3. The van der Waals surface area contributed by atoms with E-state index in [1.165, 1.54) is 0 Å². The van der Waals surface area contributed by atoms with Gasteiger partial charge >= 0.3 is 0 Å². The molecular weight excluding hydrogens is 354 g/mol. The molecular formula is C20H22ClNO4. The van der Waals surface area contributed by atoms with Crippen molar-refractivity contribution in [2.24, 2.45) is 0 Å². The maximum Gasteiger partial charge on any atom is 0.258 e. The molecule has 0 saturated carbocycles. The van der Waals surface area contributed by atoms with Crippen molar-refractivity contribution >= 4 is 17.5 Å². The van der Waals surface area contributed by atoms with E-state index in [0.29, 0.717) is 18.0 Å². The summed E-state index contributed by atoms with van der Waals surface area (Å²) in [5, 5.41) is 3.56. The molecule has 0 spiro atoms. The fourth-order valence-electron chi connectivity index (χ4n) is 2.71. The zero-order chi connectivity index (χ0) is 18.7. The monoisotopic (exact) mass is 375 g/mol. The van der Waals surface area contributed by atoms with Gasteiger partial charge in [0.1, 0.15) is 5.75 Å². The second-order valence-corrected chi connectivity index (χ2v) is 6.95. The minimum atomic E-state index is -0.192. The summed E-state index contributed by atoms with van der Waals surface area (Å²) < 4.78 is 16.3. The quantitative estimate of drug-likeness (QED) is 0.822. The number of benzene rings is 2. The molecule has 138 valence electrons. The molecule has 0 aromatic heterocycles. The van der Waals surface area contributed by atoms with E-state index < -0.39 is 0 Å². The van der Waals surface area contributed by atoms with Crippen molar-refractivity contribution in [2.45, 2.75) is 33.2 Å². The predicted octanol–water partition coefficient (Wildman–Crippen LogP) is 4.20. The van der Waals surface area contributed by atoms with Crippen LogP contribution >= 0.6 is 11.6 Å². The van der Waals surface area contributed by atoms with Crippen LogP contribution in [0.3, 0.4) is 0 Å². The minimum absolute atomic E-state index is 0.0510. The Morgan fingerprint density at radius 2 is 2.00 bits per heavy atom. The van der Waals surface area contributed by atoms with Crippen LogP contribution in [0.25, 0.3) is 0 Å². The average molecular weight is 376 g/mol. The van der Waals surface area contributed by atoms with E-state index in [0.717, 1.165) is 27.5 Å². The van der Waals surface area contributed by atoms with Crippen LogP contribution in [0.4, 0.5) is 0 Å². The molecule has 3 rings (SSSR count). The van der Waals surface area contributed by atoms with Crippen LogP contribution in [-0.4, -0.2) is 19.3 Å². The molecule has 1 N–H and O–H groups in total. The van der Waals surface area contributed by atoms with Crippen LogP contribution in [0.15, 0.2) is 30.3 Å². The van der Waals surface area contributed by atoms with Crippen LogP contribution in [0, 0.1) is 6.92 Å². The predicted molar refractivity (Wildman–Crippen MR) is 100 cm³/mol. The van der Waals surface area contributed by atoms with Crippen molar-refractivity contribution < 1.29 is 19.0 Å². The van der Waals surface area contributed by atoms with Crippen molar-refractivity contribution in [3.05, 3.63) is 52.0 Å². The molecule has 2 aromatic rings. The van der Waals surface area contributed by atoms with E-state index in [1.54, 1.807) is 0 Å². The second kappa shape index (κ2) is 7.87. The third-order valence-corrected chi connectivity index (χ3v) is 4.53. The molecule has 0 bridgehead atoms. The highest BCUT2D eigenvalue weighted by Crippen LogP contribution is 2.33. The van der Waals surface area contributed by atoms with E-state index in [2.05, 4.69) is 19.2 Å². The summed E-state index contributed by atoms with van der Waals surface area (Å²) in [6, 6.07) is 9.38. The molecule has 5 nitrogen and oxygen atoms in total. The highest BCUT2D eigenvalue weighted by molar-refractivity contribution is 6.31. The largest absolute Gasteiger partial charge is 0.483 e. The van der Waals surface area contributed by atoms with E-state index >= 15 is 0 Å². The summed E-state index contributed by atoms with van der Waals surface area (Å²) in [6.07, 6.45) is 0. The van der Waals surface area contributed by atoms with Crippen molar-refractivity contribution in [3.8, 4) is 17.2 Å². The molecule has 26 heavy (non-hydrogen) atoms. The van der Waals surface area contributed by atoms with E-state index in [4.69, 9.17) is 25.8 Å². The number of amides is 1. The lowest BCUT2D eigenvalue weighted by atomic mass is 10.0. The second-order valence-electron chi connectivity index (χ2n) is 6.55. The van der Waals surface area contributed by atoms with Gasteiger partial charge in [-0.05, 0) is 53.8 Å². The Morgan fingerprint density at radius 3 is 2.77 bits per heavy atom. The Labute approximate surface area is 158 Å². The number of carbonyl (C=O) groups is 1. The summed E-state index contributed by atoms with van der Waals surface area (Å²) in [6.45, 7) is 6.63. The molecule has 0 saturated heterocycles. The molecule has 1 amide bonds. The summed E-state index contributed by atoms with van der Waals surface area (Å²) in [5.74, 6) is 2.19. The average Bonchev–Trinajstić information content (AvgIpc) is 3.06. The Morgan fingerprint density at radius 1 is 1.23 bits per heavy atom. The highest BCUT2D eigenvalue weighted by atomic mass is 35.5. The SMILES string of the molecule is Cc1cc(Cl)c(C(C)C)cc1OCC(=O)NCc1ccc2c(c1)OCO2. The Bertz CT molecular complexity index is 820. The summed E-state index contributed by atoms with van der Waals surface area (Å²) in [4.78, 5) is 12.1. The summed E-state index contributed by atoms with van der Waals surface area (Å²) in [5.41, 5.74) is 2.85. The fourth-order valence-corrected chi connectivity index (χ4v) is 3.15. The van der Waals surface area contributed by atoms with E-state index in [-0.39, 0.29) is 25.2 Å². The smallest absolute Gasteiger partial charge is 0.258 e. The van der Waals surface area contributed by atoms with Gasteiger partial charge in [0, 0.05) is 11.6 Å². The lowest BCUT2D eigenvalue weighted by molar-refractivity contribution is -0.123. The van der Waals surface area contributed by atoms with Crippen LogP contribution in [0.5, 0.6) is 17.2 Å². The molecule has 0 radical (unpaired) electrons. The molecule has 1 aliphatic rings. The summed E-state index contributed by atoms with van der Waals surface area (Å²) >= 11 is 6.26. The number of ether oxygens (including phenoxy) is 3. The Kier molecular flexibility index (Phi) is 5.57. The van der Waals surface area contributed by atoms with Crippen LogP contribution in [0.1, 0.15) is 36.5 Å². The van der Waals surface area contributed by atoms with Gasteiger partial charge in [0.05, 0.1) is 0 Å². The number of hydrogen-bond donors (Lipinski definition) is 1. The number of carbonyl (C=O) groups excluding carboxylic acids is 1. The zero-order valence-electron chi connectivity index (χ0n) is 15.1. The number of rotatable bonds is 6. The van der Waals surface area contributed by atoms with Gasteiger partial charge in [-0.25, -0.2) is 0 Å². The molecule has 0 fully saturated rings. The highest BCUT2D eigenvalue weighted by Gasteiger charge is 2.14. The lowest BCUT2D eigenvalue weighted by Crippen LogP contribution is -2.28. The van der Waals surface area contributed by atoms with Crippen molar-refractivity contribution in [2.75, 3.05) is 13.4 Å². The first kappa shape index (κ1) is 18.4. The van der Waals surface area contributed by atoms with Crippen molar-refractivity contribution in [1.82, 2.24) is 5.32 Å². The summed E-state index contributed by atoms with van der Waals surface area (Å²) in [7, 11) is 0. The third-order valence-electron chi connectivity index (χ3n) is 4.20. The molecule has 1 aliphatic heterocycles.